The average molecular weight is 304 g/mol. The number of rotatable bonds is 3. The van der Waals surface area contributed by atoms with Gasteiger partial charge in [-0.25, -0.2) is 0 Å². The van der Waals surface area contributed by atoms with Crippen molar-refractivity contribution in [3.05, 3.63) is 35.5 Å². The van der Waals surface area contributed by atoms with Gasteiger partial charge in [-0.15, -0.1) is 0 Å². The Morgan fingerprint density at radius 2 is 2.10 bits per heavy atom. The molecule has 1 atom stereocenters. The topological polar surface area (TPSA) is 50.9 Å². The first-order valence-electron chi connectivity index (χ1n) is 7.46. The molecule has 3 nitrogen and oxygen atoms in total. The lowest BCUT2D eigenvalue weighted by Crippen LogP contribution is -2.43. The smallest absolute Gasteiger partial charge is 0.0948 e. The van der Waals surface area contributed by atoms with Crippen LogP contribution < -0.4 is 11.1 Å². The van der Waals surface area contributed by atoms with Crippen molar-refractivity contribution in [1.82, 2.24) is 4.98 Å². The fourth-order valence-electron chi connectivity index (χ4n) is 3.53. The predicted molar refractivity (Wildman–Crippen MR) is 89.8 cm³/mol. The van der Waals surface area contributed by atoms with Crippen LogP contribution in [0.2, 0.25) is 5.02 Å². The minimum Gasteiger partial charge on any atom is -0.377 e. The van der Waals surface area contributed by atoms with Gasteiger partial charge in [-0.3, -0.25) is 4.98 Å². The quantitative estimate of drug-likeness (QED) is 0.893. The number of hydrogen-bond acceptors (Lipinski definition) is 3. The monoisotopic (exact) mass is 303 g/mol. The third kappa shape index (κ3) is 2.72. The standard InChI is InChI=1S/C17H22ClN3/c1-16(2)7-8-17(10-16,11-19)21-14-6-5-13(18)12-4-3-9-20-15(12)14/h3-6,9,21H,7-8,10-11,19H2,1-2H3. The number of aromatic nitrogens is 1. The van der Waals surface area contributed by atoms with Crippen LogP contribution in [0.5, 0.6) is 0 Å². The molecule has 3 N–H and O–H groups in total. The lowest BCUT2D eigenvalue weighted by molar-refractivity contribution is 0.351. The Bertz CT molecular complexity index is 668. The van der Waals surface area contributed by atoms with Crippen LogP contribution in [0.25, 0.3) is 10.9 Å². The number of nitrogens with one attached hydrogen (secondary N) is 1. The molecule has 1 aliphatic carbocycles. The summed E-state index contributed by atoms with van der Waals surface area (Å²) in [7, 11) is 0. The summed E-state index contributed by atoms with van der Waals surface area (Å²) in [6.45, 7) is 5.25. The van der Waals surface area contributed by atoms with Crippen LogP contribution in [0, 0.1) is 5.41 Å². The van der Waals surface area contributed by atoms with E-state index in [1.165, 1.54) is 6.42 Å². The third-order valence-corrected chi connectivity index (χ3v) is 4.93. The van der Waals surface area contributed by atoms with Crippen molar-refractivity contribution in [2.75, 3.05) is 11.9 Å². The fourth-order valence-corrected chi connectivity index (χ4v) is 3.74. The van der Waals surface area contributed by atoms with Crippen molar-refractivity contribution in [1.29, 1.82) is 0 Å². The van der Waals surface area contributed by atoms with Crippen molar-refractivity contribution in [2.45, 2.75) is 38.6 Å². The Morgan fingerprint density at radius 3 is 2.76 bits per heavy atom. The Balaban J connectivity index is 2.00. The first-order chi connectivity index (χ1) is 9.95. The van der Waals surface area contributed by atoms with E-state index in [4.69, 9.17) is 17.3 Å². The maximum Gasteiger partial charge on any atom is 0.0948 e. The molecule has 1 fully saturated rings. The number of pyridine rings is 1. The van der Waals surface area contributed by atoms with Crippen LogP contribution in [0.3, 0.4) is 0 Å². The van der Waals surface area contributed by atoms with Crippen molar-refractivity contribution in [3.8, 4) is 0 Å². The highest BCUT2D eigenvalue weighted by molar-refractivity contribution is 6.35. The van der Waals surface area contributed by atoms with Gasteiger partial charge >= 0.3 is 0 Å². The van der Waals surface area contributed by atoms with E-state index in [9.17, 15) is 0 Å². The number of nitrogens with two attached hydrogens (primary N) is 1. The van der Waals surface area contributed by atoms with Gasteiger partial charge in [-0.1, -0.05) is 25.4 Å². The summed E-state index contributed by atoms with van der Waals surface area (Å²) in [6, 6.07) is 7.86. The molecular formula is C17H22ClN3. The second-order valence-electron chi connectivity index (χ2n) is 6.94. The van der Waals surface area contributed by atoms with E-state index in [0.29, 0.717) is 12.0 Å². The van der Waals surface area contributed by atoms with Crippen molar-refractivity contribution < 1.29 is 0 Å². The molecule has 1 aromatic carbocycles. The second-order valence-corrected chi connectivity index (χ2v) is 7.35. The van der Waals surface area contributed by atoms with Crippen molar-refractivity contribution in [3.63, 3.8) is 0 Å². The highest BCUT2D eigenvalue weighted by Gasteiger charge is 2.42. The summed E-state index contributed by atoms with van der Waals surface area (Å²) in [5.74, 6) is 0. The summed E-state index contributed by atoms with van der Waals surface area (Å²) < 4.78 is 0. The molecule has 0 aliphatic heterocycles. The number of benzene rings is 1. The average Bonchev–Trinajstić information content (AvgIpc) is 2.78. The summed E-state index contributed by atoms with van der Waals surface area (Å²) in [5.41, 5.74) is 8.34. The molecule has 0 bridgehead atoms. The number of fused-ring (bicyclic) bond motifs is 1. The van der Waals surface area contributed by atoms with Gasteiger partial charge in [0.25, 0.3) is 0 Å². The maximum absolute atomic E-state index is 6.27. The molecule has 112 valence electrons. The Labute approximate surface area is 130 Å². The van der Waals surface area contributed by atoms with Crippen molar-refractivity contribution >= 4 is 28.2 Å². The number of nitrogens with zero attached hydrogens (tertiary/aromatic N) is 1. The molecule has 0 amide bonds. The predicted octanol–water partition coefficient (Wildman–Crippen LogP) is 4.21. The highest BCUT2D eigenvalue weighted by Crippen LogP contribution is 2.45. The minimum absolute atomic E-state index is 0.0399. The molecular weight excluding hydrogens is 282 g/mol. The number of halogens is 1. The molecule has 1 aromatic heterocycles. The van der Waals surface area contributed by atoms with E-state index >= 15 is 0 Å². The zero-order valence-corrected chi connectivity index (χ0v) is 13.4. The lowest BCUT2D eigenvalue weighted by atomic mass is 9.87. The molecule has 0 radical (unpaired) electrons. The van der Waals surface area contributed by atoms with Crippen LogP contribution in [0.1, 0.15) is 33.1 Å². The molecule has 2 aromatic rings. The van der Waals surface area contributed by atoms with Crippen molar-refractivity contribution in [2.24, 2.45) is 11.1 Å². The Kier molecular flexibility index (Phi) is 3.58. The number of hydrogen-bond donors (Lipinski definition) is 2. The Morgan fingerprint density at radius 1 is 1.29 bits per heavy atom. The fraction of sp³-hybridized carbons (Fsp3) is 0.471. The first kappa shape index (κ1) is 14.6. The first-order valence-corrected chi connectivity index (χ1v) is 7.84. The van der Waals surface area contributed by atoms with Crippen LogP contribution in [0.4, 0.5) is 5.69 Å². The van der Waals surface area contributed by atoms with E-state index in [1.807, 2.05) is 24.3 Å². The normalized spacial score (nSPS) is 24.4. The molecule has 1 unspecified atom stereocenters. The summed E-state index contributed by atoms with van der Waals surface area (Å²) in [5, 5.41) is 5.40. The van der Waals surface area contributed by atoms with E-state index in [-0.39, 0.29) is 5.54 Å². The van der Waals surface area contributed by atoms with Gasteiger partial charge in [-0.05, 0) is 48.9 Å². The lowest BCUT2D eigenvalue weighted by Gasteiger charge is -2.32. The van der Waals surface area contributed by atoms with Gasteiger partial charge in [0.05, 0.1) is 21.8 Å². The van der Waals surface area contributed by atoms with Crippen LogP contribution in [-0.2, 0) is 0 Å². The highest BCUT2D eigenvalue weighted by atomic mass is 35.5. The maximum atomic E-state index is 6.27. The molecule has 4 heteroatoms. The van der Waals surface area contributed by atoms with Gasteiger partial charge in [0.1, 0.15) is 0 Å². The molecule has 1 aliphatic rings. The zero-order chi connectivity index (χ0) is 15.1. The molecule has 1 heterocycles. The molecule has 0 saturated heterocycles. The van der Waals surface area contributed by atoms with Gasteiger partial charge in [-0.2, -0.15) is 0 Å². The van der Waals surface area contributed by atoms with Gasteiger partial charge in [0.2, 0.25) is 0 Å². The molecule has 21 heavy (non-hydrogen) atoms. The van der Waals surface area contributed by atoms with Gasteiger partial charge in [0, 0.05) is 18.1 Å². The SMILES string of the molecule is CC1(C)CCC(CN)(Nc2ccc(Cl)c3cccnc23)C1. The van der Waals surface area contributed by atoms with Gasteiger partial charge < -0.3 is 11.1 Å². The van der Waals surface area contributed by atoms with Crippen LogP contribution >= 0.6 is 11.6 Å². The minimum atomic E-state index is -0.0399. The summed E-state index contributed by atoms with van der Waals surface area (Å²) in [6.07, 6.45) is 5.16. The zero-order valence-electron chi connectivity index (χ0n) is 12.6. The largest absolute Gasteiger partial charge is 0.377 e. The van der Waals surface area contributed by atoms with Crippen LogP contribution in [-0.4, -0.2) is 17.1 Å². The Hall–Kier alpha value is -1.32. The summed E-state index contributed by atoms with van der Waals surface area (Å²) >= 11 is 6.27. The van der Waals surface area contributed by atoms with Gasteiger partial charge in [0.15, 0.2) is 0 Å². The van der Waals surface area contributed by atoms with Crippen LogP contribution in [0.15, 0.2) is 30.5 Å². The van der Waals surface area contributed by atoms with E-state index in [0.717, 1.165) is 34.5 Å². The van der Waals surface area contributed by atoms with E-state index in [2.05, 4.69) is 24.1 Å². The molecule has 3 rings (SSSR count). The van der Waals surface area contributed by atoms with E-state index < -0.39 is 0 Å². The third-order valence-electron chi connectivity index (χ3n) is 4.60. The second kappa shape index (κ2) is 5.15. The molecule has 0 spiro atoms. The molecule has 1 saturated carbocycles. The summed E-state index contributed by atoms with van der Waals surface area (Å²) in [4.78, 5) is 4.50. The van der Waals surface area contributed by atoms with E-state index in [1.54, 1.807) is 6.20 Å². The number of anilines is 1.